The molecule has 0 bridgehead atoms. The topological polar surface area (TPSA) is 201 Å². The van der Waals surface area contributed by atoms with Gasteiger partial charge < -0.3 is 40.9 Å². The number of alkyl halides is 34. The van der Waals surface area contributed by atoms with Crippen molar-refractivity contribution in [3.8, 4) is 67.8 Å². The number of hydrogen-bond donors (Lipinski definition) is 2. The van der Waals surface area contributed by atoms with E-state index < -0.39 is 154 Å². The van der Waals surface area contributed by atoms with E-state index in [1.54, 1.807) is 122 Å². The molecule has 52 heteroatoms. The Balaban J connectivity index is 0.00000107. The second-order valence-corrected chi connectivity index (χ2v) is 27.1. The summed E-state index contributed by atoms with van der Waals surface area (Å²) >= 11 is 0. The summed E-state index contributed by atoms with van der Waals surface area (Å²) in [4.78, 5) is 50.5. The standard InChI is InChI=1S/2C32H19F17N4O.2C2H6OS.2ClH.Ni.H2O/c2*33-25(34,26(35,36)27(37,38)28(39,40)29(41,42)30(43,44)31(45,46)32(47,48)49)12-11-24(54)52-19-9-7-17(8-10-19)18-15-22(20-5-1-3-13-50-20)53-23(16-18)21-6-2-4-14-51-21;2*1-4(2)3;;;;/h2*1-10,13-16H,11-12H2,(H,52,54);2*1-2H3;2*1H;;1H2/q;;;;;;+2;/p-2. The summed E-state index contributed by atoms with van der Waals surface area (Å²) in [6, 6.07) is 36.4. The molecule has 0 unspecified atom stereocenters. The summed E-state index contributed by atoms with van der Waals surface area (Å²) in [5.41, 5.74) is 4.72. The van der Waals surface area contributed by atoms with Crippen molar-refractivity contribution in [3.63, 3.8) is 0 Å². The Bertz CT molecular complexity index is 4300. The Morgan fingerprint density at radius 1 is 0.292 bits per heavy atom. The minimum absolute atomic E-state index is 0. The maximum Gasteiger partial charge on any atom is 2.00 e. The predicted octanol–water partition coefficient (Wildman–Crippen LogP) is 14.4. The number of pyridine rings is 6. The van der Waals surface area contributed by atoms with Gasteiger partial charge in [-0.2, -0.15) is 149 Å². The van der Waals surface area contributed by atoms with Gasteiger partial charge in [0.25, 0.3) is 0 Å². The van der Waals surface area contributed by atoms with Crippen LogP contribution in [0.1, 0.15) is 25.7 Å². The van der Waals surface area contributed by atoms with Crippen LogP contribution in [0.25, 0.3) is 67.8 Å². The molecule has 0 atom stereocenters. The minimum Gasteiger partial charge on any atom is -1.00 e. The monoisotopic (exact) mass is 1900 g/mol. The Hall–Kier alpha value is -8.77. The third-order valence-electron chi connectivity index (χ3n) is 15.3. The van der Waals surface area contributed by atoms with Gasteiger partial charge in [-0.1, -0.05) is 48.5 Å². The Morgan fingerprint density at radius 3 is 0.667 bits per heavy atom. The maximum atomic E-state index is 14.3. The quantitative estimate of drug-likeness (QED) is 0.0388. The molecule has 6 aromatic heterocycles. The van der Waals surface area contributed by atoms with Crippen LogP contribution in [-0.2, 0) is 47.7 Å². The van der Waals surface area contributed by atoms with Gasteiger partial charge in [-0.3, -0.25) is 37.9 Å². The van der Waals surface area contributed by atoms with Crippen molar-refractivity contribution in [2.75, 3.05) is 35.7 Å². The molecule has 0 aliphatic carbocycles. The number of nitrogens with one attached hydrogen (secondary N) is 2. The molecule has 0 radical (unpaired) electrons. The molecule has 13 nitrogen and oxygen atoms in total. The zero-order valence-corrected chi connectivity index (χ0v) is 63.7. The average molecular weight is 1900 g/mol. The summed E-state index contributed by atoms with van der Waals surface area (Å²) < 4.78 is 478. The molecule has 4 N–H and O–H groups in total. The van der Waals surface area contributed by atoms with E-state index in [4.69, 9.17) is 0 Å². The number of carbonyl (C=O) groups excluding carboxylic acids is 2. The van der Waals surface area contributed by atoms with E-state index in [0.717, 1.165) is 24.3 Å². The number of nitrogens with zero attached hydrogens (tertiary/aromatic N) is 6. The number of amides is 2. The third-order valence-corrected chi connectivity index (χ3v) is 15.3. The summed E-state index contributed by atoms with van der Waals surface area (Å²) in [6.45, 7) is 0. The Kier molecular flexibility index (Phi) is 36.5. The van der Waals surface area contributed by atoms with Crippen LogP contribution in [0.3, 0.4) is 0 Å². The molecule has 0 saturated carbocycles. The van der Waals surface area contributed by atoms with Gasteiger partial charge in [-0.15, -0.1) is 0 Å². The number of rotatable bonds is 26. The van der Waals surface area contributed by atoms with Gasteiger partial charge in [0.15, 0.2) is 0 Å². The molecule has 8 rings (SSSR count). The summed E-state index contributed by atoms with van der Waals surface area (Å²) in [6.07, 6.45) is -12.8. The van der Waals surface area contributed by atoms with E-state index in [-0.39, 0.29) is 58.2 Å². The van der Waals surface area contributed by atoms with Gasteiger partial charge in [-0.05, 0) is 119 Å². The normalized spacial score (nSPS) is 13.1. The molecule has 120 heavy (non-hydrogen) atoms. The van der Waals surface area contributed by atoms with Gasteiger partial charge >= 0.3 is 112 Å². The first-order chi connectivity index (χ1) is 52.7. The zero-order chi connectivity index (χ0) is 88.7. The van der Waals surface area contributed by atoms with Crippen LogP contribution in [0.15, 0.2) is 170 Å². The van der Waals surface area contributed by atoms with Gasteiger partial charge in [-0.25, -0.2) is 9.97 Å². The molecular formula is C68H52Cl2F34N8NiO5S2. The fraction of sp³-hybridized carbons (Fsp3) is 0.353. The van der Waals surface area contributed by atoms with E-state index in [1.165, 1.54) is 49.1 Å². The van der Waals surface area contributed by atoms with Crippen LogP contribution in [0.4, 0.5) is 161 Å². The van der Waals surface area contributed by atoms with E-state index in [0.29, 0.717) is 67.8 Å². The van der Waals surface area contributed by atoms with Crippen molar-refractivity contribution in [2.45, 2.75) is 121 Å². The minimum atomic E-state index is -8.72. The molecule has 8 aromatic rings. The number of anilines is 2. The SMILES string of the molecule is CS(C)=O.CS(C)=O.O.O=C(CCC(F)(F)C(F)(F)C(F)(F)C(F)(F)C(F)(F)C(F)(F)C(F)(F)C(F)(F)F)Nc1ccc(-c2cc(-c3ccccn3)nc(-c3ccccn3)c2)cc1.O=C(CCC(F)(F)C(F)(F)C(F)(F)C(F)(F)C(F)(F)C(F)(F)C(F)(F)C(F)(F)F)Nc1ccc(-c2cc(-c3ccccn3)nc(-c3ccccn3)c2)cc1.[Cl-].[Cl-].[Ni+2]. The van der Waals surface area contributed by atoms with Crippen LogP contribution in [0.5, 0.6) is 0 Å². The number of halogens is 36. The second kappa shape index (κ2) is 40.0. The Labute approximate surface area is 680 Å². The average Bonchev–Trinajstić information content (AvgIpc) is 0.699. The van der Waals surface area contributed by atoms with Crippen molar-refractivity contribution in [3.05, 3.63) is 170 Å². The Morgan fingerprint density at radius 2 is 0.483 bits per heavy atom. The van der Waals surface area contributed by atoms with E-state index in [1.807, 2.05) is 10.6 Å². The molecule has 6 heterocycles. The fourth-order valence-corrected chi connectivity index (χ4v) is 9.16. The largest absolute Gasteiger partial charge is 2.00 e. The predicted molar refractivity (Wildman–Crippen MR) is 353 cm³/mol. The van der Waals surface area contributed by atoms with Crippen molar-refractivity contribution < 1.29 is 214 Å². The number of benzene rings is 2. The molecule has 0 aliphatic heterocycles. The first-order valence-corrected chi connectivity index (χ1v) is 35.1. The van der Waals surface area contributed by atoms with Gasteiger partial charge in [0.1, 0.15) is 0 Å². The van der Waals surface area contributed by atoms with Crippen molar-refractivity contribution in [1.82, 2.24) is 29.9 Å². The molecule has 0 fully saturated rings. The molecule has 0 saturated heterocycles. The van der Waals surface area contributed by atoms with Crippen LogP contribution >= 0.6 is 0 Å². The molecule has 2 amide bonds. The molecule has 0 spiro atoms. The number of carbonyl (C=O) groups is 2. The summed E-state index contributed by atoms with van der Waals surface area (Å²) in [7, 11) is -1.22. The molecular weight excluding hydrogens is 1850 g/mol. The van der Waals surface area contributed by atoms with Gasteiger partial charge in [0, 0.05) is 108 Å². The maximum absolute atomic E-state index is 14.3. The van der Waals surface area contributed by atoms with Crippen LogP contribution in [0, 0.1) is 0 Å². The fourth-order valence-electron chi connectivity index (χ4n) is 9.16. The second-order valence-electron chi connectivity index (χ2n) is 24.1. The van der Waals surface area contributed by atoms with Crippen molar-refractivity contribution in [2.24, 2.45) is 0 Å². The van der Waals surface area contributed by atoms with Crippen molar-refractivity contribution >= 4 is 44.8 Å². The van der Waals surface area contributed by atoms with Crippen LogP contribution in [-0.4, -0.2) is 176 Å². The molecule has 2 aromatic carbocycles. The number of aromatic nitrogens is 6. The van der Waals surface area contributed by atoms with E-state index in [2.05, 4.69) is 29.9 Å². The third kappa shape index (κ3) is 22.7. The van der Waals surface area contributed by atoms with Crippen LogP contribution < -0.4 is 35.4 Å². The smallest absolute Gasteiger partial charge is 1.00 e. The zero-order valence-electron chi connectivity index (χ0n) is 59.5. The van der Waals surface area contributed by atoms with Crippen LogP contribution in [0.2, 0.25) is 0 Å². The first-order valence-electron chi connectivity index (χ1n) is 31.1. The van der Waals surface area contributed by atoms with E-state index in [9.17, 15) is 167 Å². The van der Waals surface area contributed by atoms with E-state index >= 15 is 0 Å². The summed E-state index contributed by atoms with van der Waals surface area (Å²) in [5.74, 6) is -118. The van der Waals surface area contributed by atoms with Gasteiger partial charge in [0.05, 0.1) is 45.6 Å². The first kappa shape index (κ1) is 109. The number of hydrogen-bond acceptors (Lipinski definition) is 10. The molecule has 0 aliphatic rings. The summed E-state index contributed by atoms with van der Waals surface area (Å²) in [5, 5.41) is 3.74. The van der Waals surface area contributed by atoms with Gasteiger partial charge in [0.2, 0.25) is 11.8 Å². The molecule has 668 valence electrons. The van der Waals surface area contributed by atoms with Crippen molar-refractivity contribution in [1.29, 1.82) is 0 Å².